The summed E-state index contributed by atoms with van der Waals surface area (Å²) in [5.74, 6) is 56.8. The number of nitrogens with one attached hydrogen (secondary N) is 2. The molecule has 2 aliphatic heterocycles. The molecule has 0 spiro atoms. The molecule has 104 heavy (non-hydrogen) atoms. The van der Waals surface area contributed by atoms with Crippen molar-refractivity contribution < 1.29 is 0 Å². The van der Waals surface area contributed by atoms with Gasteiger partial charge in [0.25, 0.3) is 0 Å². The molecular weight excluding hydrogens is 1270 g/mol. The van der Waals surface area contributed by atoms with Gasteiger partial charge >= 0.3 is 0 Å². The second kappa shape index (κ2) is 28.1. The molecule has 8 nitrogen and oxygen atoms in total. The van der Waals surface area contributed by atoms with Crippen LogP contribution in [0.3, 0.4) is 0 Å². The van der Waals surface area contributed by atoms with Crippen LogP contribution >= 0.6 is 0 Å². The standard InChI is InChI=1S/C96H50N8/c1-9-25-65(26-10-1)41-49-73-57-81-82(58-74(73)50-42-66-27-11-2-12-28-66)90-97-89(81)101-91-83-59-75(51-43-67-29-13-3-14-30-67)76(52-44-68-31-15-4-16-32-68)60-84(83)93(98-91)103-95-87-63-79(55-47-71-37-21-7-22-38-71)80(56-48-72-39-23-8-24-40-72)64-88(87)96(100-95)104-94-86-62-78(54-46-70-35-19-6-20-36-70)77(61-85(86)92(99-94)102-90)53-45-69-33-17-5-18-34-69/h1-40,57-64H,(H2,97,98,99,100,101,102,103,104). The largest absolute Gasteiger partial charge is 0.324 e. The Morgan fingerprint density at radius 1 is 0.163 bits per heavy atom. The van der Waals surface area contributed by atoms with E-state index in [0.717, 1.165) is 44.5 Å². The predicted octanol–water partition coefficient (Wildman–Crippen LogP) is 18.1. The van der Waals surface area contributed by atoms with E-state index < -0.39 is 0 Å². The summed E-state index contributed by atoms with van der Waals surface area (Å²) in [5.41, 5.74) is 16.6. The summed E-state index contributed by atoms with van der Waals surface area (Å²) in [5, 5.41) is 2.79. The molecular formula is C96H50N8. The Labute approximate surface area is 600 Å². The quantitative estimate of drug-likeness (QED) is 0.146. The first-order chi connectivity index (χ1) is 51.5. The number of nitrogens with zero attached hydrogens (tertiary/aromatic N) is 6. The molecule has 2 N–H and O–H groups in total. The smallest absolute Gasteiger partial charge is 0.164 e. The van der Waals surface area contributed by atoms with Gasteiger partial charge in [0.2, 0.25) is 0 Å². The zero-order chi connectivity index (χ0) is 69.4. The third kappa shape index (κ3) is 13.5. The number of rotatable bonds is 0. The van der Waals surface area contributed by atoms with Gasteiger partial charge in [-0.25, -0.2) is 29.9 Å². The fourth-order valence-corrected chi connectivity index (χ4v) is 12.1. The second-order valence-corrected chi connectivity index (χ2v) is 24.3. The number of fused-ring (bicyclic) bond motifs is 20. The molecule has 12 aromatic carbocycles. The highest BCUT2D eigenvalue weighted by atomic mass is 15.1. The maximum atomic E-state index is 5.59. The maximum absolute atomic E-state index is 5.59. The van der Waals surface area contributed by atoms with Crippen molar-refractivity contribution in [2.24, 2.45) is 0 Å². The lowest BCUT2D eigenvalue weighted by molar-refractivity contribution is 1.19. The molecule has 8 bridgehead atoms. The van der Waals surface area contributed by atoms with Gasteiger partial charge in [0, 0.05) is 133 Å². The third-order valence-electron chi connectivity index (χ3n) is 17.3. The minimum atomic E-state index is 0.356. The Morgan fingerprint density at radius 3 is 0.481 bits per heavy atom. The fraction of sp³-hybridized carbons (Fsp3) is 0. The summed E-state index contributed by atoms with van der Waals surface area (Å²) in [6, 6.07) is 95.4. The van der Waals surface area contributed by atoms with Crippen molar-refractivity contribution in [1.82, 2.24) is 39.9 Å². The molecule has 474 valence electrons. The first-order valence-corrected chi connectivity index (χ1v) is 33.6. The average Bonchev–Trinajstić information content (AvgIpc) is 1.61. The molecule has 0 unspecified atom stereocenters. The number of hydrogen-bond donors (Lipinski definition) is 2. The van der Waals surface area contributed by atoms with E-state index in [9.17, 15) is 0 Å². The Morgan fingerprint density at radius 2 is 0.317 bits per heavy atom. The molecule has 0 radical (unpaired) electrons. The fourth-order valence-electron chi connectivity index (χ4n) is 12.1. The third-order valence-corrected chi connectivity index (χ3v) is 17.3. The summed E-state index contributed by atoms with van der Waals surface area (Å²) in [7, 11) is 0. The number of aromatic nitrogens is 8. The van der Waals surface area contributed by atoms with Gasteiger partial charge in [-0.15, -0.1) is 0 Å². The minimum absolute atomic E-state index is 0.356. The molecule has 2 aliphatic rings. The maximum Gasteiger partial charge on any atom is 0.164 e. The Kier molecular flexibility index (Phi) is 16.8. The molecule has 0 fully saturated rings. The van der Waals surface area contributed by atoms with Crippen LogP contribution in [0, 0.1) is 94.7 Å². The Hall–Kier alpha value is -15.5. The zero-order valence-corrected chi connectivity index (χ0v) is 55.4. The van der Waals surface area contributed by atoms with Gasteiger partial charge in [-0.1, -0.05) is 240 Å². The first kappa shape index (κ1) is 62.0. The summed E-state index contributed by atoms with van der Waals surface area (Å²) in [6.45, 7) is 0. The molecule has 17 rings (SSSR count). The van der Waals surface area contributed by atoms with Crippen molar-refractivity contribution in [3.63, 3.8) is 0 Å². The van der Waals surface area contributed by atoms with Crippen molar-refractivity contribution in [3.05, 3.63) is 380 Å². The van der Waals surface area contributed by atoms with E-state index in [2.05, 4.69) is 105 Å². The highest BCUT2D eigenvalue weighted by Crippen LogP contribution is 2.40. The van der Waals surface area contributed by atoms with Gasteiger partial charge in [-0.05, 0) is 146 Å². The summed E-state index contributed by atoms with van der Waals surface area (Å²) in [4.78, 5) is 40.7. The number of hydrogen-bond acceptors (Lipinski definition) is 6. The zero-order valence-electron chi connectivity index (χ0n) is 55.4. The average molecular weight is 1320 g/mol. The van der Waals surface area contributed by atoms with Crippen LogP contribution in [-0.4, -0.2) is 39.9 Å². The van der Waals surface area contributed by atoms with Gasteiger partial charge in [0.1, 0.15) is 22.6 Å². The number of benzene rings is 12. The van der Waals surface area contributed by atoms with Gasteiger partial charge in [0.15, 0.2) is 23.3 Å². The van der Waals surface area contributed by atoms with E-state index in [-0.39, 0.29) is 0 Å². The second-order valence-electron chi connectivity index (χ2n) is 24.3. The number of aromatic amines is 2. The summed E-state index contributed by atoms with van der Waals surface area (Å²) < 4.78 is 0. The van der Waals surface area contributed by atoms with Crippen LogP contribution in [0.2, 0.25) is 0 Å². The SMILES string of the molecule is C(#Cc1cc2c(cc1C#Cc1ccccc1)-c1nc-2nc2[nH]c(nc3nc(nc4[nH]c(n1)c1cc(C#Cc5ccccc5)c(C#Cc5ccccc5)cc41)-c1cc(C#Cc4ccccc4)c(C#Cc4ccccc4)cc1-3)c1cc(C#Cc3ccccc3)c(C#Cc3ccccc3)cc21)c1ccccc1. The molecule has 3 aromatic heterocycles. The molecule has 5 heterocycles. The summed E-state index contributed by atoms with van der Waals surface area (Å²) >= 11 is 0. The van der Waals surface area contributed by atoms with E-state index >= 15 is 0 Å². The van der Waals surface area contributed by atoms with E-state index in [1.54, 1.807) is 0 Å². The summed E-state index contributed by atoms with van der Waals surface area (Å²) in [6.07, 6.45) is 0. The number of H-pyrrole nitrogens is 2. The highest BCUT2D eigenvalue weighted by molar-refractivity contribution is 6.08. The van der Waals surface area contributed by atoms with Crippen molar-refractivity contribution in [3.8, 4) is 140 Å². The lowest BCUT2D eigenvalue weighted by Crippen LogP contribution is -1.91. The topological polar surface area (TPSA) is 109 Å². The van der Waals surface area contributed by atoms with Crippen LogP contribution in [0.1, 0.15) is 89.0 Å². The Bertz CT molecular complexity index is 5900. The molecule has 0 atom stereocenters. The molecule has 8 heteroatoms. The van der Waals surface area contributed by atoms with Gasteiger partial charge in [0.05, 0.1) is 0 Å². The highest BCUT2D eigenvalue weighted by Gasteiger charge is 2.26. The van der Waals surface area contributed by atoms with Crippen LogP contribution < -0.4 is 0 Å². The lowest BCUT2D eigenvalue weighted by atomic mass is 9.98. The van der Waals surface area contributed by atoms with Crippen molar-refractivity contribution >= 4 is 44.1 Å². The van der Waals surface area contributed by atoms with Crippen LogP contribution in [0.4, 0.5) is 0 Å². The van der Waals surface area contributed by atoms with Gasteiger partial charge < -0.3 is 9.97 Å². The van der Waals surface area contributed by atoms with Crippen molar-refractivity contribution in [1.29, 1.82) is 0 Å². The van der Waals surface area contributed by atoms with Crippen LogP contribution in [0.15, 0.2) is 291 Å². The van der Waals surface area contributed by atoms with Crippen molar-refractivity contribution in [2.75, 3.05) is 0 Å². The van der Waals surface area contributed by atoms with E-state index in [1.165, 1.54) is 0 Å². The lowest BCUT2D eigenvalue weighted by Gasteiger charge is -2.04. The van der Waals surface area contributed by atoms with Crippen molar-refractivity contribution in [2.45, 2.75) is 0 Å². The van der Waals surface area contributed by atoms with Crippen LogP contribution in [-0.2, 0) is 0 Å². The van der Waals surface area contributed by atoms with Gasteiger partial charge in [-0.2, -0.15) is 0 Å². The van der Waals surface area contributed by atoms with Crippen LogP contribution in [0.25, 0.3) is 89.7 Å². The molecule has 0 saturated heterocycles. The Balaban J connectivity index is 1.01. The van der Waals surface area contributed by atoms with Gasteiger partial charge in [-0.3, -0.25) is 0 Å². The molecule has 0 saturated carbocycles. The van der Waals surface area contributed by atoms with Crippen LogP contribution in [0.5, 0.6) is 0 Å². The first-order valence-electron chi connectivity index (χ1n) is 33.6. The normalized spacial score (nSPS) is 10.5. The minimum Gasteiger partial charge on any atom is -0.324 e. The van der Waals surface area contributed by atoms with E-state index in [4.69, 9.17) is 29.9 Å². The molecule has 0 aliphatic carbocycles. The monoisotopic (exact) mass is 1310 g/mol. The van der Waals surface area contributed by atoms with E-state index in [0.29, 0.717) is 134 Å². The molecule has 15 aromatic rings. The molecule has 0 amide bonds. The predicted molar refractivity (Wildman–Crippen MR) is 415 cm³/mol. The van der Waals surface area contributed by atoms with E-state index in [1.807, 2.05) is 291 Å².